The van der Waals surface area contributed by atoms with Gasteiger partial charge in [-0.3, -0.25) is 9.69 Å². The molecule has 7 heteroatoms. The molecule has 1 aromatic rings. The minimum atomic E-state index is 0.0369. The minimum absolute atomic E-state index is 0.0369. The number of carbonyl (C=O) groups excluding carboxylic acids is 1. The first-order chi connectivity index (χ1) is 9.11. The summed E-state index contributed by atoms with van der Waals surface area (Å²) in [6, 6.07) is 0.222. The number of aromatic nitrogens is 2. The van der Waals surface area contributed by atoms with Crippen LogP contribution in [0.25, 0.3) is 0 Å². The van der Waals surface area contributed by atoms with Gasteiger partial charge in [-0.15, -0.1) is 0 Å². The standard InChI is InChI=1S/C12H20N4O3/c1-9-11(14-19-13-9)7-12(18)16-5-4-15(2)10(8-16)3-6-17/h10,17H,3-8H2,1-2H3/t10-/m1/s1. The SMILES string of the molecule is Cc1nonc1CC(=O)N1CCN(C)[C@H](CCO)C1. The van der Waals surface area contributed by atoms with Crippen molar-refractivity contribution in [1.82, 2.24) is 20.1 Å². The van der Waals surface area contributed by atoms with Crippen molar-refractivity contribution in [1.29, 1.82) is 0 Å². The van der Waals surface area contributed by atoms with Crippen LogP contribution in [0.5, 0.6) is 0 Å². The zero-order chi connectivity index (χ0) is 13.8. The molecule has 2 heterocycles. The second-order valence-corrected chi connectivity index (χ2v) is 4.96. The van der Waals surface area contributed by atoms with Crippen LogP contribution in [-0.2, 0) is 11.2 Å². The van der Waals surface area contributed by atoms with Crippen molar-refractivity contribution in [2.75, 3.05) is 33.3 Å². The van der Waals surface area contributed by atoms with Gasteiger partial charge in [-0.05, 0) is 20.4 Å². The summed E-state index contributed by atoms with van der Waals surface area (Å²) in [5.41, 5.74) is 1.26. The van der Waals surface area contributed by atoms with E-state index in [1.54, 1.807) is 6.92 Å². The lowest BCUT2D eigenvalue weighted by Gasteiger charge is -2.39. The Kier molecular flexibility index (Phi) is 4.49. The highest BCUT2D eigenvalue weighted by atomic mass is 16.6. The molecule has 0 radical (unpaired) electrons. The van der Waals surface area contributed by atoms with Gasteiger partial charge < -0.3 is 10.0 Å². The van der Waals surface area contributed by atoms with Gasteiger partial charge in [0.2, 0.25) is 5.91 Å². The Morgan fingerprint density at radius 2 is 2.26 bits per heavy atom. The summed E-state index contributed by atoms with van der Waals surface area (Å²) < 4.78 is 4.60. The van der Waals surface area contributed by atoms with Gasteiger partial charge in [-0.2, -0.15) is 0 Å². The first-order valence-corrected chi connectivity index (χ1v) is 6.48. The van der Waals surface area contributed by atoms with Crippen molar-refractivity contribution < 1.29 is 14.5 Å². The van der Waals surface area contributed by atoms with E-state index < -0.39 is 0 Å². The predicted octanol–water partition coefficient (Wildman–Crippen LogP) is -0.554. The van der Waals surface area contributed by atoms with E-state index in [4.69, 9.17) is 5.11 Å². The number of aryl methyl sites for hydroxylation is 1. The smallest absolute Gasteiger partial charge is 0.228 e. The van der Waals surface area contributed by atoms with Crippen LogP contribution in [0.1, 0.15) is 17.8 Å². The van der Waals surface area contributed by atoms with Crippen LogP contribution < -0.4 is 0 Å². The summed E-state index contributed by atoms with van der Waals surface area (Å²) in [5.74, 6) is 0.0369. The number of hydrogen-bond donors (Lipinski definition) is 1. The Hall–Kier alpha value is -1.47. The van der Waals surface area contributed by atoms with Gasteiger partial charge in [0, 0.05) is 32.3 Å². The number of carbonyl (C=O) groups is 1. The second kappa shape index (κ2) is 6.12. The molecule has 0 spiro atoms. The van der Waals surface area contributed by atoms with Gasteiger partial charge in [0.15, 0.2) is 0 Å². The molecule has 0 aliphatic carbocycles. The highest BCUT2D eigenvalue weighted by molar-refractivity contribution is 5.78. The zero-order valence-electron chi connectivity index (χ0n) is 11.4. The molecule has 0 aromatic carbocycles. The Bertz CT molecular complexity index is 434. The van der Waals surface area contributed by atoms with Crippen LogP contribution in [0.4, 0.5) is 0 Å². The van der Waals surface area contributed by atoms with E-state index in [0.717, 1.165) is 6.54 Å². The highest BCUT2D eigenvalue weighted by Crippen LogP contribution is 2.13. The molecule has 1 aliphatic rings. The number of rotatable bonds is 4. The molecule has 0 saturated carbocycles. The third-order valence-electron chi connectivity index (χ3n) is 3.66. The largest absolute Gasteiger partial charge is 0.396 e. The molecule has 1 atom stereocenters. The summed E-state index contributed by atoms with van der Waals surface area (Å²) in [6.07, 6.45) is 0.912. The maximum Gasteiger partial charge on any atom is 0.228 e. The molecule has 2 rings (SSSR count). The monoisotopic (exact) mass is 268 g/mol. The Morgan fingerprint density at radius 1 is 1.47 bits per heavy atom. The van der Waals surface area contributed by atoms with Crippen LogP contribution in [0, 0.1) is 6.92 Å². The van der Waals surface area contributed by atoms with Crippen molar-refractivity contribution in [3.63, 3.8) is 0 Å². The van der Waals surface area contributed by atoms with E-state index in [2.05, 4.69) is 19.8 Å². The first-order valence-electron chi connectivity index (χ1n) is 6.48. The van der Waals surface area contributed by atoms with Gasteiger partial charge in [-0.1, -0.05) is 10.3 Å². The summed E-state index contributed by atoms with van der Waals surface area (Å²) in [4.78, 5) is 16.2. The second-order valence-electron chi connectivity index (χ2n) is 4.96. The Labute approximate surface area is 112 Å². The lowest BCUT2D eigenvalue weighted by molar-refractivity contribution is -0.133. The maximum atomic E-state index is 12.2. The third kappa shape index (κ3) is 3.30. The molecule has 19 heavy (non-hydrogen) atoms. The summed E-state index contributed by atoms with van der Waals surface area (Å²) in [6.45, 7) is 4.11. The zero-order valence-corrected chi connectivity index (χ0v) is 11.4. The van der Waals surface area contributed by atoms with E-state index in [-0.39, 0.29) is 25.0 Å². The van der Waals surface area contributed by atoms with Crippen LogP contribution >= 0.6 is 0 Å². The number of piperazine rings is 1. The number of aliphatic hydroxyl groups is 1. The van der Waals surface area contributed by atoms with E-state index in [0.29, 0.717) is 30.9 Å². The quantitative estimate of drug-likeness (QED) is 0.788. The van der Waals surface area contributed by atoms with Crippen LogP contribution in [-0.4, -0.2) is 70.5 Å². The lowest BCUT2D eigenvalue weighted by atomic mass is 10.1. The number of hydrogen-bond acceptors (Lipinski definition) is 6. The van der Waals surface area contributed by atoms with Gasteiger partial charge in [0.05, 0.1) is 6.42 Å². The fourth-order valence-electron chi connectivity index (χ4n) is 2.30. The van der Waals surface area contributed by atoms with Crippen molar-refractivity contribution >= 4 is 5.91 Å². The Balaban J connectivity index is 1.94. The van der Waals surface area contributed by atoms with Gasteiger partial charge in [0.1, 0.15) is 11.4 Å². The van der Waals surface area contributed by atoms with Crippen LogP contribution in [0.15, 0.2) is 4.63 Å². The first kappa shape index (κ1) is 14.0. The van der Waals surface area contributed by atoms with Gasteiger partial charge in [0.25, 0.3) is 0 Å². The molecular weight excluding hydrogens is 248 g/mol. The summed E-state index contributed by atoms with van der Waals surface area (Å²) >= 11 is 0. The number of likely N-dealkylation sites (N-methyl/N-ethyl adjacent to an activating group) is 1. The van der Waals surface area contributed by atoms with Crippen molar-refractivity contribution in [2.24, 2.45) is 0 Å². The molecular formula is C12H20N4O3. The van der Waals surface area contributed by atoms with Crippen molar-refractivity contribution in [3.8, 4) is 0 Å². The molecule has 1 aliphatic heterocycles. The average molecular weight is 268 g/mol. The molecule has 1 N–H and O–H groups in total. The molecule has 0 unspecified atom stereocenters. The molecule has 0 bridgehead atoms. The molecule has 1 amide bonds. The average Bonchev–Trinajstić information content (AvgIpc) is 2.78. The van der Waals surface area contributed by atoms with E-state index in [9.17, 15) is 4.79 Å². The van der Waals surface area contributed by atoms with Gasteiger partial charge in [-0.25, -0.2) is 4.63 Å². The fourth-order valence-corrected chi connectivity index (χ4v) is 2.30. The molecule has 1 fully saturated rings. The third-order valence-corrected chi connectivity index (χ3v) is 3.66. The lowest BCUT2D eigenvalue weighted by Crippen LogP contribution is -2.53. The van der Waals surface area contributed by atoms with E-state index in [1.807, 2.05) is 11.9 Å². The molecule has 7 nitrogen and oxygen atoms in total. The Morgan fingerprint density at radius 3 is 2.89 bits per heavy atom. The predicted molar refractivity (Wildman–Crippen MR) is 67.4 cm³/mol. The van der Waals surface area contributed by atoms with Crippen molar-refractivity contribution in [2.45, 2.75) is 25.8 Å². The van der Waals surface area contributed by atoms with Crippen LogP contribution in [0.3, 0.4) is 0 Å². The van der Waals surface area contributed by atoms with Crippen LogP contribution in [0.2, 0.25) is 0 Å². The van der Waals surface area contributed by atoms with E-state index in [1.165, 1.54) is 0 Å². The van der Waals surface area contributed by atoms with Crippen molar-refractivity contribution in [3.05, 3.63) is 11.4 Å². The molecule has 106 valence electrons. The fraction of sp³-hybridized carbons (Fsp3) is 0.750. The topological polar surface area (TPSA) is 82.7 Å². The van der Waals surface area contributed by atoms with Gasteiger partial charge >= 0.3 is 0 Å². The minimum Gasteiger partial charge on any atom is -0.396 e. The summed E-state index contributed by atoms with van der Waals surface area (Å²) in [7, 11) is 2.02. The summed E-state index contributed by atoms with van der Waals surface area (Å²) in [5, 5.41) is 16.5. The molecule has 1 saturated heterocycles. The number of nitrogens with zero attached hydrogens (tertiary/aromatic N) is 4. The highest BCUT2D eigenvalue weighted by Gasteiger charge is 2.27. The van der Waals surface area contributed by atoms with E-state index >= 15 is 0 Å². The number of amides is 1. The normalized spacial score (nSPS) is 20.8. The molecule has 1 aromatic heterocycles. The number of aliphatic hydroxyl groups excluding tert-OH is 1. The maximum absolute atomic E-state index is 12.2.